The molecule has 10 heteroatoms. The molecule has 1 aromatic rings. The fourth-order valence-electron chi connectivity index (χ4n) is 4.65. The standard InChI is InChI=1S/C19H27N7O2.HI/c1-20-19(21-6-2-3-8-25-11-23-24-12-25)22-7-9-26-17(27)15-13-4-5-14(10-13)16(15)18(26)28;/h4-5,11-16H,2-3,6-10H2,1H3,(H2,20,21,22);1H. The lowest BCUT2D eigenvalue weighted by Crippen LogP contribution is -2.43. The Morgan fingerprint density at radius 2 is 1.66 bits per heavy atom. The fourth-order valence-corrected chi connectivity index (χ4v) is 4.65. The molecule has 158 valence electrons. The minimum atomic E-state index is -0.120. The van der Waals surface area contributed by atoms with E-state index in [1.54, 1.807) is 19.7 Å². The summed E-state index contributed by atoms with van der Waals surface area (Å²) in [5.41, 5.74) is 0. The van der Waals surface area contributed by atoms with Crippen LogP contribution in [0.3, 0.4) is 0 Å². The molecule has 4 unspecified atom stereocenters. The summed E-state index contributed by atoms with van der Waals surface area (Å²) in [5.74, 6) is 0.978. The summed E-state index contributed by atoms with van der Waals surface area (Å²) >= 11 is 0. The molecule has 4 rings (SSSR count). The monoisotopic (exact) mass is 513 g/mol. The normalized spacial score (nSPS) is 27.3. The number of likely N-dealkylation sites (tertiary alicyclic amines) is 1. The van der Waals surface area contributed by atoms with Crippen molar-refractivity contribution in [2.75, 3.05) is 26.7 Å². The summed E-state index contributed by atoms with van der Waals surface area (Å²) in [6.07, 6.45) is 10.6. The number of nitrogens with zero attached hydrogens (tertiary/aromatic N) is 5. The number of hydrogen-bond donors (Lipinski definition) is 2. The maximum absolute atomic E-state index is 12.7. The van der Waals surface area contributed by atoms with Gasteiger partial charge in [-0.1, -0.05) is 12.2 Å². The number of hydrogen-bond acceptors (Lipinski definition) is 5. The zero-order valence-corrected chi connectivity index (χ0v) is 18.9. The third kappa shape index (κ3) is 4.46. The van der Waals surface area contributed by atoms with E-state index in [1.807, 2.05) is 4.57 Å². The topological polar surface area (TPSA) is 105 Å². The molecule has 2 amide bonds. The van der Waals surface area contributed by atoms with Crippen molar-refractivity contribution in [2.45, 2.75) is 25.8 Å². The molecule has 2 heterocycles. The van der Waals surface area contributed by atoms with Gasteiger partial charge in [-0.05, 0) is 31.1 Å². The highest BCUT2D eigenvalue weighted by atomic mass is 127. The van der Waals surface area contributed by atoms with Crippen LogP contribution >= 0.6 is 24.0 Å². The Labute approximate surface area is 187 Å². The van der Waals surface area contributed by atoms with E-state index in [0.717, 1.165) is 32.4 Å². The van der Waals surface area contributed by atoms with E-state index in [0.29, 0.717) is 19.0 Å². The van der Waals surface area contributed by atoms with Crippen LogP contribution in [0.2, 0.25) is 0 Å². The summed E-state index contributed by atoms with van der Waals surface area (Å²) in [6.45, 7) is 2.57. The molecule has 2 fully saturated rings. The summed E-state index contributed by atoms with van der Waals surface area (Å²) in [4.78, 5) is 31.0. The van der Waals surface area contributed by atoms with Crippen LogP contribution in [0, 0.1) is 23.7 Å². The molecule has 4 atom stereocenters. The Morgan fingerprint density at radius 1 is 1.03 bits per heavy atom. The zero-order valence-electron chi connectivity index (χ0n) is 16.5. The molecule has 1 aromatic heterocycles. The van der Waals surface area contributed by atoms with Crippen molar-refractivity contribution in [3.63, 3.8) is 0 Å². The quantitative estimate of drug-likeness (QED) is 0.132. The number of aryl methyl sites for hydroxylation is 1. The van der Waals surface area contributed by atoms with E-state index < -0.39 is 0 Å². The second-order valence-electron chi connectivity index (χ2n) is 7.66. The number of unbranched alkanes of at least 4 members (excludes halogenated alkanes) is 1. The van der Waals surface area contributed by atoms with Crippen molar-refractivity contribution in [3.05, 3.63) is 24.8 Å². The summed E-state index contributed by atoms with van der Waals surface area (Å²) in [5, 5.41) is 14.0. The van der Waals surface area contributed by atoms with Gasteiger partial charge in [0.25, 0.3) is 0 Å². The lowest BCUT2D eigenvalue weighted by Gasteiger charge is -2.18. The second-order valence-corrected chi connectivity index (χ2v) is 7.66. The predicted octanol–water partition coefficient (Wildman–Crippen LogP) is 0.648. The first-order valence-electron chi connectivity index (χ1n) is 9.99. The maximum Gasteiger partial charge on any atom is 0.233 e. The highest BCUT2D eigenvalue weighted by molar-refractivity contribution is 14.0. The van der Waals surface area contributed by atoms with E-state index in [-0.39, 0.29) is 59.5 Å². The Hall–Kier alpha value is -1.98. The van der Waals surface area contributed by atoms with Crippen LogP contribution in [0.1, 0.15) is 19.3 Å². The number of aromatic nitrogens is 3. The van der Waals surface area contributed by atoms with Crippen molar-refractivity contribution in [2.24, 2.45) is 28.7 Å². The number of fused-ring (bicyclic) bond motifs is 5. The van der Waals surface area contributed by atoms with Crippen molar-refractivity contribution in [1.82, 2.24) is 30.3 Å². The van der Waals surface area contributed by atoms with Crippen LogP contribution in [0.5, 0.6) is 0 Å². The lowest BCUT2D eigenvalue weighted by atomic mass is 9.85. The van der Waals surface area contributed by atoms with Gasteiger partial charge in [-0.3, -0.25) is 19.5 Å². The van der Waals surface area contributed by atoms with Crippen LogP contribution in [0.25, 0.3) is 0 Å². The first-order chi connectivity index (χ1) is 13.7. The molecular formula is C19H28IN7O2. The molecule has 1 saturated carbocycles. The third-order valence-electron chi connectivity index (χ3n) is 6.02. The molecule has 1 saturated heterocycles. The SMILES string of the molecule is CN=C(NCCCCn1cnnc1)NCCN1C(=O)C2C3C=CC(C3)C2C1=O.I. The number of halogens is 1. The van der Waals surface area contributed by atoms with Crippen molar-refractivity contribution >= 4 is 41.8 Å². The Balaban J connectivity index is 0.00000240. The molecule has 2 bridgehead atoms. The highest BCUT2D eigenvalue weighted by Crippen LogP contribution is 2.52. The van der Waals surface area contributed by atoms with Crippen molar-refractivity contribution in [3.8, 4) is 0 Å². The molecule has 0 radical (unpaired) electrons. The van der Waals surface area contributed by atoms with Crippen molar-refractivity contribution in [1.29, 1.82) is 0 Å². The van der Waals surface area contributed by atoms with Gasteiger partial charge in [-0.25, -0.2) is 0 Å². The highest BCUT2D eigenvalue weighted by Gasteiger charge is 2.58. The van der Waals surface area contributed by atoms with Crippen LogP contribution in [0.4, 0.5) is 0 Å². The van der Waals surface area contributed by atoms with Crippen LogP contribution in [-0.4, -0.2) is 64.1 Å². The van der Waals surface area contributed by atoms with Crippen LogP contribution < -0.4 is 10.6 Å². The maximum atomic E-state index is 12.7. The van der Waals surface area contributed by atoms with E-state index in [1.165, 1.54) is 4.90 Å². The first kappa shape index (κ1) is 21.7. The largest absolute Gasteiger partial charge is 0.356 e. The first-order valence-corrected chi connectivity index (χ1v) is 9.99. The number of amides is 2. The number of nitrogens with one attached hydrogen (secondary N) is 2. The minimum Gasteiger partial charge on any atom is -0.356 e. The molecule has 3 aliphatic rings. The van der Waals surface area contributed by atoms with Gasteiger partial charge >= 0.3 is 0 Å². The lowest BCUT2D eigenvalue weighted by molar-refractivity contribution is -0.140. The minimum absolute atomic E-state index is 0. The van der Waals surface area contributed by atoms with Gasteiger partial charge < -0.3 is 15.2 Å². The predicted molar refractivity (Wildman–Crippen MR) is 118 cm³/mol. The molecule has 1 aliphatic heterocycles. The molecule has 29 heavy (non-hydrogen) atoms. The van der Waals surface area contributed by atoms with E-state index in [2.05, 4.69) is 38.0 Å². The third-order valence-corrected chi connectivity index (χ3v) is 6.02. The summed E-state index contributed by atoms with van der Waals surface area (Å²) < 4.78 is 1.95. The van der Waals surface area contributed by atoms with Gasteiger partial charge in [0.2, 0.25) is 11.8 Å². The van der Waals surface area contributed by atoms with Gasteiger partial charge in [0, 0.05) is 33.2 Å². The average molecular weight is 513 g/mol. The summed E-state index contributed by atoms with van der Waals surface area (Å²) in [6, 6.07) is 0. The molecule has 0 spiro atoms. The van der Waals surface area contributed by atoms with Crippen molar-refractivity contribution < 1.29 is 9.59 Å². The number of carbonyl (C=O) groups is 2. The van der Waals surface area contributed by atoms with E-state index >= 15 is 0 Å². The Morgan fingerprint density at radius 3 is 2.28 bits per heavy atom. The number of imide groups is 1. The van der Waals surface area contributed by atoms with E-state index in [9.17, 15) is 9.59 Å². The summed E-state index contributed by atoms with van der Waals surface area (Å²) in [7, 11) is 1.71. The van der Waals surface area contributed by atoms with E-state index in [4.69, 9.17) is 0 Å². The molecule has 2 aliphatic carbocycles. The molecule has 0 aromatic carbocycles. The van der Waals surface area contributed by atoms with Gasteiger partial charge in [0.15, 0.2) is 5.96 Å². The second kappa shape index (κ2) is 9.68. The number of carbonyl (C=O) groups excluding carboxylic acids is 2. The van der Waals surface area contributed by atoms with Gasteiger partial charge in [-0.15, -0.1) is 34.2 Å². The number of allylic oxidation sites excluding steroid dienone is 2. The molecule has 2 N–H and O–H groups in total. The number of guanidine groups is 1. The fraction of sp³-hybridized carbons (Fsp3) is 0.632. The molecular weight excluding hydrogens is 485 g/mol. The number of rotatable bonds is 8. The van der Waals surface area contributed by atoms with Crippen LogP contribution in [0.15, 0.2) is 29.8 Å². The van der Waals surface area contributed by atoms with Gasteiger partial charge in [0.05, 0.1) is 11.8 Å². The smallest absolute Gasteiger partial charge is 0.233 e. The Kier molecular flexibility index (Phi) is 7.25. The number of aliphatic imine (C=N–C) groups is 1. The van der Waals surface area contributed by atoms with Crippen LogP contribution in [-0.2, 0) is 16.1 Å². The Bertz CT molecular complexity index is 750. The van der Waals surface area contributed by atoms with Gasteiger partial charge in [-0.2, -0.15) is 0 Å². The van der Waals surface area contributed by atoms with Gasteiger partial charge in [0.1, 0.15) is 12.7 Å². The average Bonchev–Trinajstić information content (AvgIpc) is 3.47. The molecule has 9 nitrogen and oxygen atoms in total. The zero-order chi connectivity index (χ0) is 19.5.